The van der Waals surface area contributed by atoms with Gasteiger partial charge in [0.15, 0.2) is 5.17 Å². The lowest BCUT2D eigenvalue weighted by atomic mass is 10.1. The summed E-state index contributed by atoms with van der Waals surface area (Å²) in [5.74, 6) is 1.12. The molecule has 164 valence electrons. The summed E-state index contributed by atoms with van der Waals surface area (Å²) in [6.45, 7) is 6.27. The Bertz CT molecular complexity index is 1120. The minimum Gasteiger partial charge on any atom is -0.346 e. The van der Waals surface area contributed by atoms with Gasteiger partial charge in [-0.25, -0.2) is 9.98 Å². The average molecular weight is 460 g/mol. The van der Waals surface area contributed by atoms with E-state index in [1.165, 1.54) is 22.2 Å². The molecule has 5 heteroatoms. The van der Waals surface area contributed by atoms with Crippen molar-refractivity contribution in [1.82, 2.24) is 9.88 Å². The maximum absolute atomic E-state index is 4.84. The van der Waals surface area contributed by atoms with E-state index < -0.39 is 0 Å². The van der Waals surface area contributed by atoms with Crippen LogP contribution in [0.25, 0.3) is 10.2 Å². The monoisotopic (exact) mass is 459 g/mol. The molecular weight excluding hydrogens is 430 g/mol. The van der Waals surface area contributed by atoms with Gasteiger partial charge in [-0.3, -0.25) is 0 Å². The fraction of sp³-hybridized carbons (Fsp3) is 0.259. The maximum Gasteiger partial charge on any atom is 0.164 e. The van der Waals surface area contributed by atoms with Crippen molar-refractivity contribution >= 4 is 44.2 Å². The molecule has 0 N–H and O–H groups in total. The van der Waals surface area contributed by atoms with Gasteiger partial charge in [-0.1, -0.05) is 79.7 Å². The van der Waals surface area contributed by atoms with Crippen LogP contribution in [0.15, 0.2) is 83.9 Å². The van der Waals surface area contributed by atoms with Crippen LogP contribution in [0.4, 0.5) is 5.69 Å². The minimum atomic E-state index is 0.945. The lowest BCUT2D eigenvalue weighted by Crippen LogP contribution is -2.23. The molecule has 3 aromatic carbocycles. The number of nitrogens with zero attached hydrogens (tertiary/aromatic N) is 3. The third kappa shape index (κ3) is 6.21. The van der Waals surface area contributed by atoms with E-state index in [0.717, 1.165) is 46.6 Å². The van der Waals surface area contributed by atoms with Crippen molar-refractivity contribution in [2.24, 2.45) is 4.99 Å². The molecule has 1 aliphatic rings. The highest BCUT2D eigenvalue weighted by molar-refractivity contribution is 8.14. The van der Waals surface area contributed by atoms with Crippen LogP contribution in [-0.4, -0.2) is 27.3 Å². The Balaban J connectivity index is 0.000000203. The van der Waals surface area contributed by atoms with Gasteiger partial charge in [0, 0.05) is 18.8 Å². The van der Waals surface area contributed by atoms with E-state index >= 15 is 0 Å². The molecule has 0 atom stereocenters. The normalized spacial score (nSPS) is 14.6. The van der Waals surface area contributed by atoms with E-state index in [0.29, 0.717) is 0 Å². The predicted molar refractivity (Wildman–Crippen MR) is 141 cm³/mol. The molecule has 0 bridgehead atoms. The van der Waals surface area contributed by atoms with Gasteiger partial charge < -0.3 is 4.90 Å². The van der Waals surface area contributed by atoms with Gasteiger partial charge in [-0.2, -0.15) is 0 Å². The smallest absolute Gasteiger partial charge is 0.164 e. The Morgan fingerprint density at radius 3 is 2.41 bits per heavy atom. The summed E-state index contributed by atoms with van der Waals surface area (Å²) in [5, 5.41) is 2.29. The first-order chi connectivity index (χ1) is 15.7. The van der Waals surface area contributed by atoms with E-state index in [1.54, 1.807) is 11.3 Å². The summed E-state index contributed by atoms with van der Waals surface area (Å²) in [6, 6.07) is 27.5. The lowest BCUT2D eigenvalue weighted by Gasteiger charge is -2.17. The number of aromatic nitrogens is 1. The zero-order valence-electron chi connectivity index (χ0n) is 18.7. The lowest BCUT2D eigenvalue weighted by molar-refractivity contribution is 0.457. The number of rotatable bonds is 5. The summed E-state index contributed by atoms with van der Waals surface area (Å²) in [4.78, 5) is 11.5. The molecule has 1 saturated heterocycles. The second-order valence-electron chi connectivity index (χ2n) is 7.77. The first-order valence-corrected chi connectivity index (χ1v) is 12.9. The quantitative estimate of drug-likeness (QED) is 0.310. The number of aryl methyl sites for hydroxylation is 2. The zero-order chi connectivity index (χ0) is 22.2. The van der Waals surface area contributed by atoms with Gasteiger partial charge in [0.05, 0.1) is 20.9 Å². The molecule has 4 aromatic rings. The van der Waals surface area contributed by atoms with E-state index in [4.69, 9.17) is 4.99 Å². The number of benzene rings is 3. The van der Waals surface area contributed by atoms with Crippen LogP contribution in [0, 0.1) is 6.92 Å². The summed E-state index contributed by atoms with van der Waals surface area (Å²) in [5.41, 5.74) is 4.91. The van der Waals surface area contributed by atoms with Crippen molar-refractivity contribution in [3.63, 3.8) is 0 Å². The van der Waals surface area contributed by atoms with Crippen LogP contribution in [0.3, 0.4) is 0 Å². The molecule has 3 nitrogen and oxygen atoms in total. The van der Waals surface area contributed by atoms with E-state index in [1.807, 2.05) is 36.9 Å². The van der Waals surface area contributed by atoms with E-state index in [-0.39, 0.29) is 0 Å². The highest BCUT2D eigenvalue weighted by Crippen LogP contribution is 2.25. The Morgan fingerprint density at radius 2 is 1.66 bits per heavy atom. The first kappa shape index (κ1) is 22.6. The summed E-state index contributed by atoms with van der Waals surface area (Å²) in [7, 11) is 0. The average Bonchev–Trinajstić information content (AvgIpc) is 3.41. The molecule has 5 rings (SSSR count). The van der Waals surface area contributed by atoms with Gasteiger partial charge in [0.2, 0.25) is 0 Å². The second kappa shape index (κ2) is 11.3. The van der Waals surface area contributed by atoms with Crippen LogP contribution < -0.4 is 0 Å². The molecule has 1 fully saturated rings. The summed E-state index contributed by atoms with van der Waals surface area (Å²) >= 11 is 3.60. The van der Waals surface area contributed by atoms with Crippen molar-refractivity contribution in [3.05, 3.63) is 95.0 Å². The third-order valence-corrected chi connectivity index (χ3v) is 7.13. The van der Waals surface area contributed by atoms with Gasteiger partial charge in [-0.15, -0.1) is 11.3 Å². The Hall–Kier alpha value is -2.63. The molecular formula is C27H29N3S2. The standard InChI is InChI=1S/C19H22N2S.C8H7NS/c1-2-6-16-9-11-18(12-10-16)20-19-21(13-14-22-19)15-17-7-4-3-5-8-17;1-6-9-7-4-2-3-5-8(7)10-6/h3-5,7-12H,2,6,13-15H2,1H3;2-5H,1H3. The summed E-state index contributed by atoms with van der Waals surface area (Å²) < 4.78 is 1.28. The topological polar surface area (TPSA) is 28.5 Å². The molecule has 32 heavy (non-hydrogen) atoms. The number of fused-ring (bicyclic) bond motifs is 1. The van der Waals surface area contributed by atoms with Crippen molar-refractivity contribution in [2.75, 3.05) is 12.3 Å². The van der Waals surface area contributed by atoms with Crippen molar-refractivity contribution in [1.29, 1.82) is 0 Å². The van der Waals surface area contributed by atoms with Crippen LogP contribution in [0.1, 0.15) is 29.5 Å². The van der Waals surface area contributed by atoms with Crippen molar-refractivity contribution in [3.8, 4) is 0 Å². The molecule has 0 radical (unpaired) electrons. The van der Waals surface area contributed by atoms with E-state index in [9.17, 15) is 0 Å². The largest absolute Gasteiger partial charge is 0.346 e. The van der Waals surface area contributed by atoms with Crippen molar-refractivity contribution in [2.45, 2.75) is 33.2 Å². The number of aliphatic imine (C=N–C) groups is 1. The number of thiazole rings is 1. The Morgan fingerprint density at radius 1 is 0.906 bits per heavy atom. The fourth-order valence-electron chi connectivity index (χ4n) is 3.61. The number of hydrogen-bond acceptors (Lipinski definition) is 4. The molecule has 0 spiro atoms. The molecule has 0 saturated carbocycles. The van der Waals surface area contributed by atoms with Gasteiger partial charge in [0.25, 0.3) is 0 Å². The number of para-hydroxylation sites is 1. The van der Waals surface area contributed by atoms with Gasteiger partial charge >= 0.3 is 0 Å². The van der Waals surface area contributed by atoms with Crippen LogP contribution in [-0.2, 0) is 13.0 Å². The predicted octanol–water partition coefficient (Wildman–Crippen LogP) is 7.48. The van der Waals surface area contributed by atoms with Crippen molar-refractivity contribution < 1.29 is 0 Å². The summed E-state index contributed by atoms with van der Waals surface area (Å²) in [6.07, 6.45) is 2.33. The molecule has 2 heterocycles. The Labute approximate surface area is 199 Å². The molecule has 0 amide bonds. The van der Waals surface area contributed by atoms with Crippen LogP contribution >= 0.6 is 23.1 Å². The van der Waals surface area contributed by atoms with Gasteiger partial charge in [-0.05, 0) is 48.7 Å². The van der Waals surface area contributed by atoms with Crippen LogP contribution in [0.5, 0.6) is 0 Å². The zero-order valence-corrected chi connectivity index (χ0v) is 20.3. The number of amidine groups is 1. The first-order valence-electron chi connectivity index (χ1n) is 11.1. The Kier molecular flexibility index (Phi) is 7.97. The minimum absolute atomic E-state index is 0.945. The fourth-order valence-corrected chi connectivity index (χ4v) is 5.44. The molecule has 0 unspecified atom stereocenters. The maximum atomic E-state index is 4.84. The SMILES string of the molecule is CCCc1ccc(N=C2SCCN2Cc2ccccc2)cc1.Cc1nc2ccccc2s1. The number of thioether (sulfide) groups is 1. The van der Waals surface area contributed by atoms with Gasteiger partial charge in [0.1, 0.15) is 0 Å². The third-order valence-electron chi connectivity index (χ3n) is 5.18. The second-order valence-corrected chi connectivity index (χ2v) is 10.1. The highest BCUT2D eigenvalue weighted by Gasteiger charge is 2.19. The number of hydrogen-bond donors (Lipinski definition) is 0. The van der Waals surface area contributed by atoms with Crippen LogP contribution in [0.2, 0.25) is 0 Å². The van der Waals surface area contributed by atoms with E-state index in [2.05, 4.69) is 77.5 Å². The molecule has 1 aliphatic heterocycles. The highest BCUT2D eigenvalue weighted by atomic mass is 32.2. The molecule has 1 aromatic heterocycles. The molecule has 0 aliphatic carbocycles.